The molecule has 7 heteroatoms. The largest absolute Gasteiger partial charge is 0.326 e. The molecule has 0 fully saturated rings. The summed E-state index contributed by atoms with van der Waals surface area (Å²) >= 11 is 11.9. The van der Waals surface area contributed by atoms with Crippen molar-refractivity contribution in [1.29, 1.82) is 0 Å². The van der Waals surface area contributed by atoms with Crippen LogP contribution >= 0.6 is 23.2 Å². The summed E-state index contributed by atoms with van der Waals surface area (Å²) in [6.45, 7) is 0. The number of hydrogen-bond acceptors (Lipinski definition) is 3. The third-order valence-corrected chi connectivity index (χ3v) is 4.56. The van der Waals surface area contributed by atoms with E-state index >= 15 is 0 Å². The first-order valence-electron chi connectivity index (χ1n) is 8.57. The highest BCUT2D eigenvalue weighted by atomic mass is 35.5. The lowest BCUT2D eigenvalue weighted by atomic mass is 10.1. The lowest BCUT2D eigenvalue weighted by Crippen LogP contribution is -2.20. The number of carbonyl (C=O) groups is 2. The van der Waals surface area contributed by atoms with Gasteiger partial charge in [0, 0.05) is 34.5 Å². The normalized spacial score (nSPS) is 10.9. The molecular weight excluding hydrogens is 397 g/mol. The van der Waals surface area contributed by atoms with E-state index in [2.05, 4.69) is 15.8 Å². The number of halogens is 2. The molecule has 5 nitrogen and oxygen atoms in total. The highest BCUT2D eigenvalue weighted by molar-refractivity contribution is 6.36. The fourth-order valence-electron chi connectivity index (χ4n) is 2.61. The number of carbonyl (C=O) groups excluding carboxylic acids is 2. The standard InChI is InChI=1S/C21H17Cl2N3O2/c22-16-9-8-15(18(23)12-16)13-24-26-21(28)11-10-20(27)25-19-7-3-5-14-4-1-2-6-17(14)19/h1-9,12-13H,10-11H2,(H,25,27)(H,26,28). The predicted octanol–water partition coefficient (Wildman–Crippen LogP) is 5.02. The van der Waals surface area contributed by atoms with E-state index < -0.39 is 0 Å². The molecule has 2 amide bonds. The SMILES string of the molecule is O=C(CCC(=O)Nc1cccc2ccccc12)NN=Cc1ccc(Cl)cc1Cl. The number of amides is 2. The predicted molar refractivity (Wildman–Crippen MR) is 114 cm³/mol. The molecule has 0 bridgehead atoms. The second kappa shape index (κ2) is 9.35. The van der Waals surface area contributed by atoms with E-state index in [1.54, 1.807) is 18.2 Å². The highest BCUT2D eigenvalue weighted by Crippen LogP contribution is 2.23. The number of rotatable bonds is 6. The van der Waals surface area contributed by atoms with Gasteiger partial charge in [-0.05, 0) is 23.6 Å². The molecule has 0 spiro atoms. The molecule has 3 aromatic rings. The molecule has 0 saturated carbocycles. The van der Waals surface area contributed by atoms with Crippen molar-refractivity contribution in [2.45, 2.75) is 12.8 Å². The van der Waals surface area contributed by atoms with Crippen molar-refractivity contribution in [2.75, 3.05) is 5.32 Å². The molecular formula is C21H17Cl2N3O2. The van der Waals surface area contributed by atoms with E-state index in [4.69, 9.17) is 23.2 Å². The minimum absolute atomic E-state index is 0.0162. The molecule has 0 saturated heterocycles. The number of benzene rings is 3. The molecule has 28 heavy (non-hydrogen) atoms. The summed E-state index contributed by atoms with van der Waals surface area (Å²) in [6.07, 6.45) is 1.49. The third kappa shape index (κ3) is 5.31. The number of nitrogens with one attached hydrogen (secondary N) is 2. The molecule has 0 unspecified atom stereocenters. The Morgan fingerprint density at radius 1 is 0.929 bits per heavy atom. The van der Waals surface area contributed by atoms with Gasteiger partial charge < -0.3 is 5.32 Å². The monoisotopic (exact) mass is 413 g/mol. The Kier molecular flexibility index (Phi) is 6.63. The van der Waals surface area contributed by atoms with E-state index in [9.17, 15) is 9.59 Å². The molecule has 142 valence electrons. The Balaban J connectivity index is 1.50. The van der Waals surface area contributed by atoms with Crippen LogP contribution in [0.2, 0.25) is 10.0 Å². The highest BCUT2D eigenvalue weighted by Gasteiger charge is 2.08. The van der Waals surface area contributed by atoms with Gasteiger partial charge in [-0.2, -0.15) is 5.10 Å². The van der Waals surface area contributed by atoms with Gasteiger partial charge in [-0.3, -0.25) is 9.59 Å². The minimum atomic E-state index is -0.366. The number of hydrazone groups is 1. The average Bonchev–Trinajstić information content (AvgIpc) is 2.68. The van der Waals surface area contributed by atoms with Crippen LogP contribution in [0, 0.1) is 0 Å². The second-order valence-corrected chi connectivity index (χ2v) is 6.88. The Hall–Kier alpha value is -2.89. The number of anilines is 1. The fraction of sp³-hybridized carbons (Fsp3) is 0.0952. The summed E-state index contributed by atoms with van der Waals surface area (Å²) in [5.41, 5.74) is 3.73. The fourth-order valence-corrected chi connectivity index (χ4v) is 3.07. The van der Waals surface area contributed by atoms with E-state index in [0.29, 0.717) is 15.6 Å². The van der Waals surface area contributed by atoms with E-state index in [1.807, 2.05) is 42.5 Å². The molecule has 0 atom stereocenters. The first-order chi connectivity index (χ1) is 13.5. The summed E-state index contributed by atoms with van der Waals surface area (Å²) in [7, 11) is 0. The molecule has 0 aliphatic carbocycles. The van der Waals surface area contributed by atoms with Crippen LogP contribution in [0.5, 0.6) is 0 Å². The maximum absolute atomic E-state index is 12.2. The number of fused-ring (bicyclic) bond motifs is 1. The topological polar surface area (TPSA) is 70.6 Å². The van der Waals surface area contributed by atoms with Crippen LogP contribution in [0.15, 0.2) is 65.8 Å². The van der Waals surface area contributed by atoms with Gasteiger partial charge in [0.05, 0.1) is 11.2 Å². The summed E-state index contributed by atoms with van der Waals surface area (Å²) in [6, 6.07) is 18.4. The van der Waals surface area contributed by atoms with Gasteiger partial charge in [0.25, 0.3) is 0 Å². The van der Waals surface area contributed by atoms with Crippen LogP contribution in [0.3, 0.4) is 0 Å². The molecule has 0 radical (unpaired) electrons. The van der Waals surface area contributed by atoms with Crippen molar-refractivity contribution in [3.05, 3.63) is 76.3 Å². The number of nitrogens with zero attached hydrogens (tertiary/aromatic N) is 1. The van der Waals surface area contributed by atoms with Gasteiger partial charge in [0.1, 0.15) is 0 Å². The van der Waals surface area contributed by atoms with Crippen molar-refractivity contribution in [3.8, 4) is 0 Å². The Bertz CT molecular complexity index is 1050. The van der Waals surface area contributed by atoms with Gasteiger partial charge in [0.15, 0.2) is 0 Å². The van der Waals surface area contributed by atoms with Crippen LogP contribution < -0.4 is 10.7 Å². The molecule has 0 heterocycles. The van der Waals surface area contributed by atoms with E-state index in [-0.39, 0.29) is 24.7 Å². The second-order valence-electron chi connectivity index (χ2n) is 6.03. The quantitative estimate of drug-likeness (QED) is 0.440. The molecule has 2 N–H and O–H groups in total. The summed E-state index contributed by atoms with van der Waals surface area (Å²) in [5.74, 6) is -0.606. The van der Waals surface area contributed by atoms with E-state index in [0.717, 1.165) is 16.5 Å². The lowest BCUT2D eigenvalue weighted by molar-refractivity contribution is -0.124. The van der Waals surface area contributed by atoms with Gasteiger partial charge in [-0.1, -0.05) is 65.7 Å². The third-order valence-electron chi connectivity index (χ3n) is 4.00. The van der Waals surface area contributed by atoms with Crippen molar-refractivity contribution in [2.24, 2.45) is 5.10 Å². The van der Waals surface area contributed by atoms with Gasteiger partial charge in [-0.25, -0.2) is 5.43 Å². The van der Waals surface area contributed by atoms with Crippen molar-refractivity contribution < 1.29 is 9.59 Å². The number of hydrogen-bond donors (Lipinski definition) is 2. The summed E-state index contributed by atoms with van der Waals surface area (Å²) < 4.78 is 0. The summed E-state index contributed by atoms with van der Waals surface area (Å²) in [4.78, 5) is 24.1. The molecule has 0 aliphatic rings. The summed E-state index contributed by atoms with van der Waals surface area (Å²) in [5, 5.41) is 9.63. The average molecular weight is 414 g/mol. The van der Waals surface area contributed by atoms with Crippen LogP contribution in [0.4, 0.5) is 5.69 Å². The van der Waals surface area contributed by atoms with Crippen molar-refractivity contribution in [3.63, 3.8) is 0 Å². The van der Waals surface area contributed by atoms with Gasteiger partial charge in [0.2, 0.25) is 11.8 Å². The smallest absolute Gasteiger partial charge is 0.240 e. The van der Waals surface area contributed by atoms with Crippen LogP contribution in [-0.2, 0) is 9.59 Å². The first kappa shape index (κ1) is 19.9. The van der Waals surface area contributed by atoms with E-state index in [1.165, 1.54) is 6.21 Å². The first-order valence-corrected chi connectivity index (χ1v) is 9.33. The Morgan fingerprint density at radius 2 is 1.68 bits per heavy atom. The molecule has 0 aliphatic heterocycles. The molecule has 3 rings (SSSR count). The van der Waals surface area contributed by atoms with Crippen molar-refractivity contribution in [1.82, 2.24) is 5.43 Å². The zero-order chi connectivity index (χ0) is 19.9. The molecule has 3 aromatic carbocycles. The van der Waals surface area contributed by atoms with Crippen LogP contribution in [0.25, 0.3) is 10.8 Å². The lowest BCUT2D eigenvalue weighted by Gasteiger charge is -2.08. The van der Waals surface area contributed by atoms with Crippen molar-refractivity contribution >= 4 is 57.7 Å². The molecule has 0 aromatic heterocycles. The van der Waals surface area contributed by atoms with Crippen LogP contribution in [-0.4, -0.2) is 18.0 Å². The van der Waals surface area contributed by atoms with Gasteiger partial charge in [-0.15, -0.1) is 0 Å². The zero-order valence-corrected chi connectivity index (χ0v) is 16.3. The van der Waals surface area contributed by atoms with Gasteiger partial charge >= 0.3 is 0 Å². The minimum Gasteiger partial charge on any atom is -0.326 e. The Labute approximate surface area is 172 Å². The Morgan fingerprint density at radius 3 is 2.50 bits per heavy atom. The maximum atomic E-state index is 12.2. The van der Waals surface area contributed by atoms with Crippen LogP contribution in [0.1, 0.15) is 18.4 Å². The maximum Gasteiger partial charge on any atom is 0.240 e. The zero-order valence-electron chi connectivity index (χ0n) is 14.8.